The van der Waals surface area contributed by atoms with Crippen LogP contribution in [-0.2, 0) is 14.3 Å². The highest BCUT2D eigenvalue weighted by molar-refractivity contribution is 8.03. The van der Waals surface area contributed by atoms with Crippen LogP contribution in [0.5, 0.6) is 5.75 Å². The molecule has 0 aromatic heterocycles. The van der Waals surface area contributed by atoms with Gasteiger partial charge < -0.3 is 20.1 Å². The van der Waals surface area contributed by atoms with Crippen LogP contribution in [0, 0.1) is 11.3 Å². The summed E-state index contributed by atoms with van der Waals surface area (Å²) in [4.78, 5) is 26.2. The molecule has 0 bridgehead atoms. The molecule has 0 spiro atoms. The first kappa shape index (κ1) is 27.8. The van der Waals surface area contributed by atoms with Crippen LogP contribution < -0.4 is 15.4 Å². The number of allylic oxidation sites excluding steroid dienone is 1. The fraction of sp³-hybridized carbons (Fsp3) is 0.167. The lowest BCUT2D eigenvalue weighted by Gasteiger charge is -2.31. The highest BCUT2D eigenvalue weighted by atomic mass is 35.5. The molecule has 4 rings (SSSR count). The molecule has 1 amide bonds. The van der Waals surface area contributed by atoms with Gasteiger partial charge in [-0.05, 0) is 48.4 Å². The van der Waals surface area contributed by atoms with Crippen LogP contribution in [0.4, 0.5) is 5.69 Å². The highest BCUT2D eigenvalue weighted by Gasteiger charge is 2.38. The minimum Gasteiger partial charge on any atom is -0.497 e. The molecular formula is C30H26ClN3O4S. The van der Waals surface area contributed by atoms with E-state index >= 15 is 0 Å². The lowest BCUT2D eigenvalue weighted by atomic mass is 9.81. The highest BCUT2D eigenvalue weighted by Crippen LogP contribution is 2.45. The number of benzene rings is 3. The molecule has 39 heavy (non-hydrogen) atoms. The van der Waals surface area contributed by atoms with Crippen LogP contribution >= 0.6 is 23.4 Å². The average molecular weight is 560 g/mol. The van der Waals surface area contributed by atoms with Crippen LogP contribution in [-0.4, -0.2) is 31.3 Å². The number of methoxy groups -OCH3 is 1. The first-order chi connectivity index (χ1) is 19.0. The van der Waals surface area contributed by atoms with Crippen molar-refractivity contribution in [3.8, 4) is 11.8 Å². The molecule has 0 radical (unpaired) electrons. The topological polar surface area (TPSA) is 100 Å². The number of carbonyl (C=O) groups excluding carboxylic acids is 2. The summed E-state index contributed by atoms with van der Waals surface area (Å²) < 4.78 is 10.6. The number of ether oxygens (including phenoxy) is 2. The Bertz CT molecular complexity index is 1460. The van der Waals surface area contributed by atoms with Crippen LogP contribution in [0.25, 0.3) is 5.70 Å². The minimum absolute atomic E-state index is 0.0194. The number of thioether (sulfide) groups is 1. The summed E-state index contributed by atoms with van der Waals surface area (Å²) in [6.07, 6.45) is 0. The molecule has 1 aliphatic heterocycles. The maximum absolute atomic E-state index is 13.4. The van der Waals surface area contributed by atoms with Crippen molar-refractivity contribution in [2.45, 2.75) is 12.8 Å². The Labute approximate surface area is 236 Å². The van der Waals surface area contributed by atoms with E-state index in [1.807, 2.05) is 30.3 Å². The first-order valence-electron chi connectivity index (χ1n) is 12.2. The molecule has 1 atom stereocenters. The van der Waals surface area contributed by atoms with Crippen molar-refractivity contribution in [1.82, 2.24) is 5.32 Å². The molecule has 3 aromatic carbocycles. The van der Waals surface area contributed by atoms with E-state index in [1.165, 1.54) is 11.8 Å². The third-order valence-corrected chi connectivity index (χ3v) is 7.31. The molecule has 198 valence electrons. The number of nitriles is 1. The van der Waals surface area contributed by atoms with E-state index in [-0.39, 0.29) is 29.4 Å². The Balaban J connectivity index is 1.74. The van der Waals surface area contributed by atoms with Crippen LogP contribution in [0.15, 0.2) is 95.0 Å². The summed E-state index contributed by atoms with van der Waals surface area (Å²) in [6.45, 7) is 1.89. The quantitative estimate of drug-likeness (QED) is 0.305. The molecule has 0 saturated heterocycles. The van der Waals surface area contributed by atoms with E-state index in [2.05, 4.69) is 16.7 Å². The Hall–Kier alpha value is -4.19. The van der Waals surface area contributed by atoms with Gasteiger partial charge in [0.25, 0.3) is 0 Å². The van der Waals surface area contributed by atoms with Gasteiger partial charge in [0.2, 0.25) is 5.91 Å². The Morgan fingerprint density at radius 1 is 1.05 bits per heavy atom. The van der Waals surface area contributed by atoms with Crippen LogP contribution in [0.1, 0.15) is 24.0 Å². The van der Waals surface area contributed by atoms with Crippen molar-refractivity contribution in [2.75, 3.05) is 24.8 Å². The summed E-state index contributed by atoms with van der Waals surface area (Å²) in [5, 5.41) is 17.3. The van der Waals surface area contributed by atoms with E-state index in [0.717, 1.165) is 5.56 Å². The molecule has 9 heteroatoms. The molecule has 0 saturated carbocycles. The minimum atomic E-state index is -0.800. The van der Waals surface area contributed by atoms with Gasteiger partial charge in [-0.3, -0.25) is 4.79 Å². The van der Waals surface area contributed by atoms with Gasteiger partial charge in [-0.15, -0.1) is 0 Å². The molecule has 0 unspecified atom stereocenters. The summed E-state index contributed by atoms with van der Waals surface area (Å²) in [7, 11) is 1.57. The monoisotopic (exact) mass is 559 g/mol. The maximum Gasteiger partial charge on any atom is 0.337 e. The molecule has 3 aromatic rings. The molecule has 1 heterocycles. The summed E-state index contributed by atoms with van der Waals surface area (Å²) in [5.74, 6) is -0.909. The van der Waals surface area contributed by atoms with E-state index in [1.54, 1.807) is 62.6 Å². The van der Waals surface area contributed by atoms with E-state index in [9.17, 15) is 14.9 Å². The Morgan fingerprint density at radius 3 is 2.38 bits per heavy atom. The predicted molar refractivity (Wildman–Crippen MR) is 154 cm³/mol. The van der Waals surface area contributed by atoms with E-state index in [0.29, 0.717) is 32.7 Å². The molecule has 0 aliphatic carbocycles. The Morgan fingerprint density at radius 2 is 1.74 bits per heavy atom. The third-order valence-electron chi connectivity index (χ3n) is 5.95. The second-order valence-corrected chi connectivity index (χ2v) is 9.77. The molecule has 7 nitrogen and oxygen atoms in total. The van der Waals surface area contributed by atoms with E-state index in [4.69, 9.17) is 21.1 Å². The zero-order chi connectivity index (χ0) is 27.8. The van der Waals surface area contributed by atoms with Gasteiger partial charge in [0, 0.05) is 10.7 Å². The zero-order valence-electron chi connectivity index (χ0n) is 21.4. The second-order valence-electron chi connectivity index (χ2n) is 8.37. The van der Waals surface area contributed by atoms with Gasteiger partial charge in [-0.25, -0.2) is 4.79 Å². The number of anilines is 1. The summed E-state index contributed by atoms with van der Waals surface area (Å²) in [5.41, 5.74) is 2.99. The van der Waals surface area contributed by atoms with Gasteiger partial charge in [-0.2, -0.15) is 5.26 Å². The van der Waals surface area contributed by atoms with Gasteiger partial charge >= 0.3 is 5.97 Å². The fourth-order valence-corrected chi connectivity index (χ4v) is 5.27. The largest absolute Gasteiger partial charge is 0.497 e. The van der Waals surface area contributed by atoms with Crippen LogP contribution in [0.2, 0.25) is 5.02 Å². The lowest BCUT2D eigenvalue weighted by molar-refractivity contribution is -0.138. The smallest absolute Gasteiger partial charge is 0.337 e. The van der Waals surface area contributed by atoms with Crippen molar-refractivity contribution < 1.29 is 19.1 Å². The zero-order valence-corrected chi connectivity index (χ0v) is 22.9. The summed E-state index contributed by atoms with van der Waals surface area (Å²) in [6, 6.07) is 25.7. The van der Waals surface area contributed by atoms with Gasteiger partial charge in [0.1, 0.15) is 5.75 Å². The second kappa shape index (κ2) is 13.1. The normalized spacial score (nSPS) is 14.8. The number of esters is 1. The lowest BCUT2D eigenvalue weighted by Crippen LogP contribution is -2.30. The van der Waals surface area contributed by atoms with Crippen molar-refractivity contribution >= 4 is 46.6 Å². The molecule has 1 aliphatic rings. The third kappa shape index (κ3) is 6.45. The number of halogens is 1. The standard InChI is InChI=1S/C30H26ClN3O4S/c1-3-38-30(36)27-26(22-11-7-8-12-24(22)31)23(17-32)29(34-28(27)19-9-5-4-6-10-19)39-18-25(35)33-20-13-15-21(37-2)16-14-20/h4-16,26,34H,3,18H2,1-2H3,(H,33,35)/t26-/m1/s1. The van der Waals surface area contributed by atoms with Gasteiger partial charge in [0.15, 0.2) is 0 Å². The molecule has 2 N–H and O–H groups in total. The van der Waals surface area contributed by atoms with Crippen molar-refractivity contribution in [3.63, 3.8) is 0 Å². The summed E-state index contributed by atoms with van der Waals surface area (Å²) >= 11 is 7.78. The SMILES string of the molecule is CCOC(=O)C1=C(c2ccccc2)NC(SCC(=O)Nc2ccc(OC)cc2)=C(C#N)[C@H]1c1ccccc1Cl. The average Bonchev–Trinajstić information content (AvgIpc) is 2.96. The number of hydrogen-bond donors (Lipinski definition) is 2. The number of hydrogen-bond acceptors (Lipinski definition) is 7. The number of nitrogens with zero attached hydrogens (tertiary/aromatic N) is 1. The first-order valence-corrected chi connectivity index (χ1v) is 13.5. The van der Waals surface area contributed by atoms with Gasteiger partial charge in [-0.1, -0.05) is 71.9 Å². The van der Waals surface area contributed by atoms with Crippen LogP contribution in [0.3, 0.4) is 0 Å². The number of carbonyl (C=O) groups is 2. The number of rotatable bonds is 9. The number of nitrogens with one attached hydrogen (secondary N) is 2. The van der Waals surface area contributed by atoms with Crippen molar-refractivity contribution in [3.05, 3.63) is 111 Å². The fourth-order valence-electron chi connectivity index (χ4n) is 4.19. The van der Waals surface area contributed by atoms with Gasteiger partial charge in [0.05, 0.1) is 53.3 Å². The predicted octanol–water partition coefficient (Wildman–Crippen LogP) is 6.12. The van der Waals surface area contributed by atoms with Crippen molar-refractivity contribution in [2.24, 2.45) is 0 Å². The molecular weight excluding hydrogens is 534 g/mol. The Kier molecular flexibility index (Phi) is 9.31. The maximum atomic E-state index is 13.4. The molecule has 0 fully saturated rings. The van der Waals surface area contributed by atoms with E-state index < -0.39 is 11.9 Å². The number of dihydropyridines is 1. The van der Waals surface area contributed by atoms with Crippen molar-refractivity contribution in [1.29, 1.82) is 5.26 Å². The number of amides is 1.